The molecule has 1 N–H and O–H groups in total. The highest BCUT2D eigenvalue weighted by molar-refractivity contribution is 6.09. The van der Waals surface area contributed by atoms with Crippen LogP contribution in [-0.4, -0.2) is 34.7 Å². The number of nitrogens with zero attached hydrogens (tertiary/aromatic N) is 1. The van der Waals surface area contributed by atoms with Gasteiger partial charge in [0, 0.05) is 12.5 Å². The summed E-state index contributed by atoms with van der Waals surface area (Å²) >= 11 is 0. The van der Waals surface area contributed by atoms with Crippen molar-refractivity contribution >= 4 is 17.7 Å². The Balaban J connectivity index is 1.41. The van der Waals surface area contributed by atoms with Gasteiger partial charge >= 0.3 is 0 Å². The normalized spacial score (nSPS) is 31.9. The van der Waals surface area contributed by atoms with Crippen LogP contribution in [0.25, 0.3) is 0 Å². The van der Waals surface area contributed by atoms with Crippen molar-refractivity contribution in [2.24, 2.45) is 23.7 Å². The van der Waals surface area contributed by atoms with Gasteiger partial charge in [-0.1, -0.05) is 61.7 Å². The van der Waals surface area contributed by atoms with Crippen molar-refractivity contribution < 1.29 is 14.4 Å². The minimum Gasteiger partial charge on any atom is -0.352 e. The predicted molar refractivity (Wildman–Crippen MR) is 109 cm³/mol. The number of hydrogen-bond donors (Lipinski definition) is 1. The van der Waals surface area contributed by atoms with Crippen LogP contribution in [0.1, 0.15) is 44.1 Å². The molecule has 1 aliphatic heterocycles. The molecular formula is C24H28N2O3. The van der Waals surface area contributed by atoms with Crippen LogP contribution < -0.4 is 5.32 Å². The third-order valence-corrected chi connectivity index (χ3v) is 7.34. The summed E-state index contributed by atoms with van der Waals surface area (Å²) in [7, 11) is 0. The second-order valence-electron chi connectivity index (χ2n) is 9.10. The number of rotatable bonds is 5. The molecule has 0 radical (unpaired) electrons. The van der Waals surface area contributed by atoms with E-state index in [-0.39, 0.29) is 47.4 Å². The molecule has 1 aromatic rings. The van der Waals surface area contributed by atoms with E-state index in [1.165, 1.54) is 11.3 Å². The number of likely N-dealkylation sites (tertiary alicyclic amines) is 1. The quantitative estimate of drug-likeness (QED) is 0.619. The molecule has 5 unspecified atom stereocenters. The highest BCUT2D eigenvalue weighted by atomic mass is 16.2. The molecule has 5 atom stereocenters. The summed E-state index contributed by atoms with van der Waals surface area (Å²) in [5, 5.41) is 3.16. The molecule has 5 rings (SSSR count). The molecule has 0 aromatic heterocycles. The van der Waals surface area contributed by atoms with Crippen molar-refractivity contribution in [1.82, 2.24) is 10.2 Å². The zero-order chi connectivity index (χ0) is 20.0. The lowest BCUT2D eigenvalue weighted by Crippen LogP contribution is -2.53. The standard InChI is InChI=1S/C24H28N2O3/c27-22(25-18-9-5-2-6-10-18)19(13-15-7-3-1-4-8-15)26-23(28)20-16-11-12-17(14-16)21(20)24(26)29/h1,3-4,7-8,11-12,16-21H,2,5-6,9-10,13-14H2,(H,25,27). The monoisotopic (exact) mass is 392 g/mol. The molecule has 2 saturated carbocycles. The lowest BCUT2D eigenvalue weighted by atomic mass is 9.85. The van der Waals surface area contributed by atoms with Gasteiger partial charge in [0.2, 0.25) is 17.7 Å². The van der Waals surface area contributed by atoms with Crippen molar-refractivity contribution in [1.29, 1.82) is 0 Å². The van der Waals surface area contributed by atoms with Gasteiger partial charge in [-0.3, -0.25) is 19.3 Å². The Labute approximate surface area is 171 Å². The van der Waals surface area contributed by atoms with E-state index in [0.29, 0.717) is 6.42 Å². The minimum absolute atomic E-state index is 0.142. The van der Waals surface area contributed by atoms with E-state index in [9.17, 15) is 14.4 Å². The van der Waals surface area contributed by atoms with E-state index in [1.807, 2.05) is 30.3 Å². The Kier molecular flexibility index (Phi) is 4.76. The van der Waals surface area contributed by atoms with Gasteiger partial charge in [0.1, 0.15) is 6.04 Å². The fourth-order valence-corrected chi connectivity index (χ4v) is 5.92. The second-order valence-corrected chi connectivity index (χ2v) is 9.10. The minimum atomic E-state index is -0.760. The largest absolute Gasteiger partial charge is 0.352 e. The first-order chi connectivity index (χ1) is 14.1. The Morgan fingerprint density at radius 3 is 2.21 bits per heavy atom. The fourth-order valence-electron chi connectivity index (χ4n) is 5.92. The summed E-state index contributed by atoms with van der Waals surface area (Å²) in [5.74, 6) is -0.678. The summed E-state index contributed by atoms with van der Waals surface area (Å²) in [6.45, 7) is 0. The number of benzene rings is 1. The van der Waals surface area contributed by atoms with E-state index < -0.39 is 6.04 Å². The van der Waals surface area contributed by atoms with Crippen molar-refractivity contribution in [2.45, 2.75) is 57.0 Å². The molecule has 3 aliphatic carbocycles. The maximum Gasteiger partial charge on any atom is 0.243 e. The number of carbonyl (C=O) groups is 3. The molecule has 3 fully saturated rings. The second kappa shape index (κ2) is 7.43. The number of fused-ring (bicyclic) bond motifs is 5. The van der Waals surface area contributed by atoms with Gasteiger partial charge < -0.3 is 5.32 Å². The molecule has 5 nitrogen and oxygen atoms in total. The van der Waals surface area contributed by atoms with Crippen LogP contribution >= 0.6 is 0 Å². The van der Waals surface area contributed by atoms with Crippen LogP contribution in [0.15, 0.2) is 42.5 Å². The van der Waals surface area contributed by atoms with Gasteiger partial charge in [0.05, 0.1) is 11.8 Å². The van der Waals surface area contributed by atoms with E-state index in [2.05, 4.69) is 17.5 Å². The SMILES string of the molecule is O=C(NC1CCCCC1)C(Cc1ccccc1)N1C(=O)C2C3C=CC(C3)C2C1=O. The van der Waals surface area contributed by atoms with Crippen molar-refractivity contribution in [3.05, 3.63) is 48.0 Å². The Bertz CT molecular complexity index is 813. The highest BCUT2D eigenvalue weighted by Crippen LogP contribution is 2.53. The summed E-state index contributed by atoms with van der Waals surface area (Å²) in [6, 6.07) is 9.09. The summed E-state index contributed by atoms with van der Waals surface area (Å²) in [6.07, 6.45) is 10.9. The highest BCUT2D eigenvalue weighted by Gasteiger charge is 2.61. The van der Waals surface area contributed by atoms with E-state index in [4.69, 9.17) is 0 Å². The molecule has 29 heavy (non-hydrogen) atoms. The van der Waals surface area contributed by atoms with E-state index in [0.717, 1.165) is 37.7 Å². The Morgan fingerprint density at radius 2 is 1.59 bits per heavy atom. The third kappa shape index (κ3) is 3.21. The molecular weight excluding hydrogens is 364 g/mol. The maximum atomic E-state index is 13.3. The summed E-state index contributed by atoms with van der Waals surface area (Å²) in [5.41, 5.74) is 0.968. The zero-order valence-corrected chi connectivity index (χ0v) is 16.6. The van der Waals surface area contributed by atoms with Crippen LogP contribution in [0.2, 0.25) is 0 Å². The summed E-state index contributed by atoms with van der Waals surface area (Å²) in [4.78, 5) is 41.3. The van der Waals surface area contributed by atoms with Gasteiger partial charge in [0.15, 0.2) is 0 Å². The molecule has 1 heterocycles. The first kappa shape index (κ1) is 18.6. The van der Waals surface area contributed by atoms with Gasteiger partial charge in [-0.15, -0.1) is 0 Å². The van der Waals surface area contributed by atoms with Gasteiger partial charge in [-0.2, -0.15) is 0 Å². The number of amides is 3. The molecule has 152 valence electrons. The van der Waals surface area contributed by atoms with Gasteiger partial charge in [-0.05, 0) is 36.7 Å². The number of hydrogen-bond acceptors (Lipinski definition) is 3. The molecule has 2 bridgehead atoms. The Hall–Kier alpha value is -2.43. The average Bonchev–Trinajstić information content (AvgIpc) is 3.42. The first-order valence-electron chi connectivity index (χ1n) is 11.0. The van der Waals surface area contributed by atoms with Crippen LogP contribution in [0.5, 0.6) is 0 Å². The fraction of sp³-hybridized carbons (Fsp3) is 0.542. The van der Waals surface area contributed by atoms with Crippen LogP contribution in [0.4, 0.5) is 0 Å². The van der Waals surface area contributed by atoms with Crippen LogP contribution in [0.3, 0.4) is 0 Å². The van der Waals surface area contributed by atoms with E-state index in [1.54, 1.807) is 0 Å². The van der Waals surface area contributed by atoms with Gasteiger partial charge in [-0.25, -0.2) is 0 Å². The predicted octanol–water partition coefficient (Wildman–Crippen LogP) is 2.85. The lowest BCUT2D eigenvalue weighted by Gasteiger charge is -2.30. The van der Waals surface area contributed by atoms with Crippen LogP contribution in [-0.2, 0) is 20.8 Å². The van der Waals surface area contributed by atoms with E-state index >= 15 is 0 Å². The number of imide groups is 1. The van der Waals surface area contributed by atoms with Crippen molar-refractivity contribution in [2.75, 3.05) is 0 Å². The number of carbonyl (C=O) groups excluding carboxylic acids is 3. The molecule has 3 amide bonds. The van der Waals surface area contributed by atoms with Crippen molar-refractivity contribution in [3.8, 4) is 0 Å². The zero-order valence-electron chi connectivity index (χ0n) is 16.6. The topological polar surface area (TPSA) is 66.5 Å². The smallest absolute Gasteiger partial charge is 0.243 e. The van der Waals surface area contributed by atoms with Crippen molar-refractivity contribution in [3.63, 3.8) is 0 Å². The first-order valence-corrected chi connectivity index (χ1v) is 11.0. The summed E-state index contributed by atoms with van der Waals surface area (Å²) < 4.78 is 0. The maximum absolute atomic E-state index is 13.3. The molecule has 1 aromatic carbocycles. The molecule has 5 heteroatoms. The Morgan fingerprint density at radius 1 is 0.966 bits per heavy atom. The lowest BCUT2D eigenvalue weighted by molar-refractivity contribution is -0.148. The van der Waals surface area contributed by atoms with Crippen LogP contribution in [0, 0.1) is 23.7 Å². The average molecular weight is 392 g/mol. The van der Waals surface area contributed by atoms with Gasteiger partial charge in [0.25, 0.3) is 0 Å². The molecule has 4 aliphatic rings. The molecule has 0 spiro atoms. The number of nitrogens with one attached hydrogen (secondary N) is 1. The number of allylic oxidation sites excluding steroid dienone is 2. The molecule has 1 saturated heterocycles. The third-order valence-electron chi connectivity index (χ3n) is 7.34.